The van der Waals surface area contributed by atoms with Crippen LogP contribution in [0, 0.1) is 5.82 Å². The molecule has 0 saturated carbocycles. The van der Waals surface area contributed by atoms with Crippen molar-refractivity contribution in [3.05, 3.63) is 35.6 Å². The maximum Gasteiger partial charge on any atom is 0.417 e. The zero-order valence-electron chi connectivity index (χ0n) is 6.42. The van der Waals surface area contributed by atoms with Gasteiger partial charge in [0.05, 0.1) is 6.61 Å². The van der Waals surface area contributed by atoms with Crippen molar-refractivity contribution in [2.75, 3.05) is 6.61 Å². The van der Waals surface area contributed by atoms with Gasteiger partial charge in [0.25, 0.3) is 0 Å². The van der Waals surface area contributed by atoms with E-state index in [0.29, 0.717) is 6.42 Å². The van der Waals surface area contributed by atoms with Gasteiger partial charge in [-0.2, -0.15) is 0 Å². The van der Waals surface area contributed by atoms with Gasteiger partial charge >= 0.3 is 6.47 Å². The van der Waals surface area contributed by atoms with Gasteiger partial charge in [-0.1, -0.05) is 12.1 Å². The summed E-state index contributed by atoms with van der Waals surface area (Å²) in [5, 5.41) is 0. The summed E-state index contributed by atoms with van der Waals surface area (Å²) in [6, 6.07) is 6.18. The van der Waals surface area contributed by atoms with Crippen LogP contribution in [0.1, 0.15) is 5.56 Å². The van der Waals surface area contributed by atoms with Crippen LogP contribution in [-0.4, -0.2) is 13.1 Å². The summed E-state index contributed by atoms with van der Waals surface area (Å²) < 4.78 is 16.9. The molecular weight excluding hydrogens is 159 g/mol. The van der Waals surface area contributed by atoms with E-state index >= 15 is 0 Å². The van der Waals surface area contributed by atoms with Gasteiger partial charge in [-0.25, -0.2) is 9.18 Å². The normalized spacial score (nSPS) is 9.42. The smallest absolute Gasteiger partial charge is 0.417 e. The van der Waals surface area contributed by atoms with Crippen LogP contribution in [-0.2, 0) is 16.0 Å². The molecule has 0 N–H and O–H groups in total. The summed E-state index contributed by atoms with van der Waals surface area (Å²) in [5.74, 6) is -0.275. The van der Waals surface area contributed by atoms with E-state index in [0.717, 1.165) is 5.56 Å². The molecule has 0 spiro atoms. The lowest BCUT2D eigenvalue weighted by Gasteiger charge is -1.98. The van der Waals surface area contributed by atoms with Crippen LogP contribution < -0.4 is 0 Å². The predicted octanol–water partition coefficient (Wildman–Crippen LogP) is 1.45. The zero-order chi connectivity index (χ0) is 8.81. The Bertz CT molecular complexity index is 260. The van der Waals surface area contributed by atoms with Crippen molar-refractivity contribution in [1.29, 1.82) is 0 Å². The fourth-order valence-electron chi connectivity index (χ4n) is 0.903. The van der Waals surface area contributed by atoms with Gasteiger partial charge in [-0.05, 0) is 17.7 Å². The van der Waals surface area contributed by atoms with E-state index in [9.17, 15) is 9.18 Å². The highest BCUT2D eigenvalue weighted by Gasteiger charge is 1.94. The molecule has 0 heterocycles. The van der Waals surface area contributed by atoms with Crippen LogP contribution in [0.15, 0.2) is 24.3 Å². The molecule has 0 saturated heterocycles. The molecule has 0 bridgehead atoms. The molecule has 0 aliphatic rings. The molecular formula is C9H8FO2. The average molecular weight is 167 g/mol. The second kappa shape index (κ2) is 4.49. The summed E-state index contributed by atoms with van der Waals surface area (Å²) in [4.78, 5) is 9.64. The Morgan fingerprint density at radius 3 is 3.00 bits per heavy atom. The monoisotopic (exact) mass is 167 g/mol. The first-order valence-corrected chi connectivity index (χ1v) is 3.56. The van der Waals surface area contributed by atoms with E-state index in [-0.39, 0.29) is 12.4 Å². The van der Waals surface area contributed by atoms with Gasteiger partial charge in [0, 0.05) is 6.42 Å². The van der Waals surface area contributed by atoms with E-state index in [4.69, 9.17) is 0 Å². The summed E-state index contributed by atoms with van der Waals surface area (Å²) >= 11 is 0. The lowest BCUT2D eigenvalue weighted by molar-refractivity contribution is 0.281. The summed E-state index contributed by atoms with van der Waals surface area (Å²) in [7, 11) is 0. The van der Waals surface area contributed by atoms with Crippen LogP contribution in [0.4, 0.5) is 4.39 Å². The third-order valence-corrected chi connectivity index (χ3v) is 1.44. The molecule has 0 unspecified atom stereocenters. The maximum absolute atomic E-state index is 12.6. The Balaban J connectivity index is 2.46. The highest BCUT2D eigenvalue weighted by atomic mass is 19.1. The number of carbonyl (C=O) groups excluding carboxylic acids is 1. The van der Waals surface area contributed by atoms with Gasteiger partial charge in [0.1, 0.15) is 5.82 Å². The molecule has 0 aliphatic heterocycles. The molecule has 0 aromatic heterocycles. The highest BCUT2D eigenvalue weighted by Crippen LogP contribution is 2.03. The number of hydrogen-bond acceptors (Lipinski definition) is 2. The van der Waals surface area contributed by atoms with Crippen LogP contribution >= 0.6 is 0 Å². The van der Waals surface area contributed by atoms with E-state index in [1.54, 1.807) is 12.1 Å². The molecule has 63 valence electrons. The maximum atomic E-state index is 12.6. The minimum Gasteiger partial charge on any atom is -0.457 e. The van der Waals surface area contributed by atoms with Gasteiger partial charge in [0.2, 0.25) is 0 Å². The van der Waals surface area contributed by atoms with Crippen molar-refractivity contribution in [1.82, 2.24) is 0 Å². The Hall–Kier alpha value is -1.38. The second-order valence-electron chi connectivity index (χ2n) is 2.31. The van der Waals surface area contributed by atoms with Crippen LogP contribution in [0.2, 0.25) is 0 Å². The van der Waals surface area contributed by atoms with E-state index in [1.165, 1.54) is 18.6 Å². The Labute approximate surface area is 70.0 Å². The quantitative estimate of drug-likeness (QED) is 0.634. The lowest BCUT2D eigenvalue weighted by Crippen LogP contribution is -1.96. The van der Waals surface area contributed by atoms with Crippen molar-refractivity contribution in [3.8, 4) is 0 Å². The summed E-state index contributed by atoms with van der Waals surface area (Å²) in [5.41, 5.74) is 0.810. The number of rotatable bonds is 4. The highest BCUT2D eigenvalue weighted by molar-refractivity contribution is 5.38. The third kappa shape index (κ3) is 2.70. The number of hydrogen-bond donors (Lipinski definition) is 0. The van der Waals surface area contributed by atoms with Crippen molar-refractivity contribution in [2.24, 2.45) is 0 Å². The molecule has 1 rings (SSSR count). The van der Waals surface area contributed by atoms with E-state index < -0.39 is 0 Å². The zero-order valence-corrected chi connectivity index (χ0v) is 6.42. The molecule has 1 aromatic rings. The Morgan fingerprint density at radius 2 is 2.33 bits per heavy atom. The fourth-order valence-corrected chi connectivity index (χ4v) is 0.903. The first-order valence-electron chi connectivity index (χ1n) is 3.56. The fraction of sp³-hybridized carbons (Fsp3) is 0.222. The first-order chi connectivity index (χ1) is 5.83. The number of ether oxygens (including phenoxy) is 1. The molecule has 0 aliphatic carbocycles. The SMILES string of the molecule is O=[C]OCCc1cccc(F)c1. The van der Waals surface area contributed by atoms with Gasteiger partial charge in [-0.3, -0.25) is 0 Å². The van der Waals surface area contributed by atoms with Crippen molar-refractivity contribution < 1.29 is 13.9 Å². The van der Waals surface area contributed by atoms with Crippen LogP contribution in [0.3, 0.4) is 0 Å². The average Bonchev–Trinajstić information content (AvgIpc) is 2.05. The van der Waals surface area contributed by atoms with Gasteiger partial charge < -0.3 is 4.74 Å². The standard InChI is InChI=1S/C9H8FO2/c10-9-3-1-2-8(6-9)4-5-12-7-11/h1-3,6H,4-5H2. The van der Waals surface area contributed by atoms with Crippen molar-refractivity contribution >= 4 is 6.47 Å². The molecule has 0 amide bonds. The number of halogens is 1. The van der Waals surface area contributed by atoms with Crippen molar-refractivity contribution in [2.45, 2.75) is 6.42 Å². The summed E-state index contributed by atoms with van der Waals surface area (Å²) in [6.45, 7) is 1.55. The topological polar surface area (TPSA) is 26.3 Å². The second-order valence-corrected chi connectivity index (χ2v) is 2.31. The largest absolute Gasteiger partial charge is 0.457 e. The van der Waals surface area contributed by atoms with Gasteiger partial charge in [0.15, 0.2) is 0 Å². The Morgan fingerprint density at radius 1 is 1.50 bits per heavy atom. The minimum absolute atomic E-state index is 0.243. The first kappa shape index (κ1) is 8.71. The molecule has 1 radical (unpaired) electrons. The molecule has 0 fully saturated rings. The van der Waals surface area contributed by atoms with Crippen molar-refractivity contribution in [3.63, 3.8) is 0 Å². The molecule has 1 aromatic carbocycles. The van der Waals surface area contributed by atoms with Crippen LogP contribution in [0.5, 0.6) is 0 Å². The third-order valence-electron chi connectivity index (χ3n) is 1.44. The minimum atomic E-state index is -0.275. The summed E-state index contributed by atoms with van der Waals surface area (Å²) in [6.07, 6.45) is 0.521. The van der Waals surface area contributed by atoms with E-state index in [1.807, 2.05) is 0 Å². The van der Waals surface area contributed by atoms with Crippen LogP contribution in [0.25, 0.3) is 0 Å². The Kier molecular flexibility index (Phi) is 3.26. The molecule has 2 nitrogen and oxygen atoms in total. The molecule has 3 heteroatoms. The lowest BCUT2D eigenvalue weighted by atomic mass is 10.2. The number of benzene rings is 1. The van der Waals surface area contributed by atoms with Gasteiger partial charge in [-0.15, -0.1) is 0 Å². The van der Waals surface area contributed by atoms with E-state index in [2.05, 4.69) is 4.74 Å². The molecule has 12 heavy (non-hydrogen) atoms. The molecule has 0 atom stereocenters. The predicted molar refractivity (Wildman–Crippen MR) is 41.7 cm³/mol.